The number of hydrogen-bond acceptors (Lipinski definition) is 6. The van der Waals surface area contributed by atoms with Crippen LogP contribution in [0.4, 0.5) is 0 Å². The van der Waals surface area contributed by atoms with Crippen molar-refractivity contribution in [1.82, 2.24) is 0 Å². The molecule has 3 aliphatic rings. The van der Waals surface area contributed by atoms with Crippen LogP contribution in [0.5, 0.6) is 0 Å². The fourth-order valence-corrected chi connectivity index (χ4v) is 6.81. The topological polar surface area (TPSA) is 82.1 Å². The molecule has 6 nitrogen and oxygen atoms in total. The van der Waals surface area contributed by atoms with E-state index in [-0.39, 0.29) is 29.6 Å². The third kappa shape index (κ3) is 7.59. The second kappa shape index (κ2) is 13.0. The predicted molar refractivity (Wildman–Crippen MR) is 149 cm³/mol. The van der Waals surface area contributed by atoms with Gasteiger partial charge in [-0.05, 0) is 87.7 Å². The first kappa shape index (κ1) is 30.6. The van der Waals surface area contributed by atoms with Crippen molar-refractivity contribution in [1.29, 1.82) is 0 Å². The molecule has 0 aromatic heterocycles. The number of aliphatic hydroxyl groups is 1. The number of esters is 2. The molecular formula is C32H50O6. The largest absolute Gasteiger partial charge is 0.462 e. The van der Waals surface area contributed by atoms with Crippen molar-refractivity contribution >= 4 is 11.9 Å². The molecule has 6 heteroatoms. The molecule has 3 saturated carbocycles. The normalized spacial score (nSPS) is 32.8. The maximum Gasteiger partial charge on any atom is 0.306 e. The first-order chi connectivity index (χ1) is 17.9. The van der Waals surface area contributed by atoms with Crippen molar-refractivity contribution in [2.24, 2.45) is 17.3 Å². The molecule has 3 aliphatic carbocycles. The van der Waals surface area contributed by atoms with Crippen LogP contribution < -0.4 is 0 Å². The van der Waals surface area contributed by atoms with Gasteiger partial charge in [0.2, 0.25) is 0 Å². The predicted octanol–water partition coefficient (Wildman–Crippen LogP) is 6.62. The van der Waals surface area contributed by atoms with E-state index in [0.717, 1.165) is 36.8 Å². The quantitative estimate of drug-likeness (QED) is 0.320. The minimum Gasteiger partial charge on any atom is -0.462 e. The summed E-state index contributed by atoms with van der Waals surface area (Å²) in [6.45, 7) is 16.7. The maximum absolute atomic E-state index is 12.1. The van der Waals surface area contributed by atoms with Crippen LogP contribution >= 0.6 is 0 Å². The van der Waals surface area contributed by atoms with Gasteiger partial charge in [-0.15, -0.1) is 0 Å². The number of ether oxygens (including phenoxy) is 3. The van der Waals surface area contributed by atoms with Gasteiger partial charge in [0.05, 0.1) is 11.7 Å². The Kier molecular flexibility index (Phi) is 10.4. The summed E-state index contributed by atoms with van der Waals surface area (Å²) >= 11 is 0. The molecule has 0 unspecified atom stereocenters. The van der Waals surface area contributed by atoms with Crippen LogP contribution in [0, 0.1) is 17.3 Å². The number of fused-ring (bicyclic) bond motifs is 1. The summed E-state index contributed by atoms with van der Waals surface area (Å²) in [6.07, 6.45) is 11.8. The van der Waals surface area contributed by atoms with Crippen LogP contribution in [0.1, 0.15) is 106 Å². The molecule has 38 heavy (non-hydrogen) atoms. The van der Waals surface area contributed by atoms with Gasteiger partial charge in [0.1, 0.15) is 12.2 Å². The smallest absolute Gasteiger partial charge is 0.306 e. The van der Waals surface area contributed by atoms with Crippen LogP contribution in [-0.4, -0.2) is 47.6 Å². The van der Waals surface area contributed by atoms with E-state index < -0.39 is 11.7 Å². The Balaban J connectivity index is 1.76. The average Bonchev–Trinajstić information content (AvgIpc) is 3.21. The average molecular weight is 531 g/mol. The zero-order valence-corrected chi connectivity index (χ0v) is 24.5. The molecule has 6 atom stereocenters. The highest BCUT2D eigenvalue weighted by Gasteiger charge is 2.51. The molecule has 0 aromatic rings. The lowest BCUT2D eigenvalue weighted by atomic mass is 9.62. The van der Waals surface area contributed by atoms with Crippen molar-refractivity contribution in [2.75, 3.05) is 6.61 Å². The second-order valence-electron chi connectivity index (χ2n) is 12.4. The molecule has 0 bridgehead atoms. The van der Waals surface area contributed by atoms with E-state index >= 15 is 0 Å². The summed E-state index contributed by atoms with van der Waals surface area (Å²) in [5.74, 6) is 0.499. The lowest BCUT2D eigenvalue weighted by Crippen LogP contribution is -2.39. The van der Waals surface area contributed by atoms with Gasteiger partial charge in [-0.2, -0.15) is 0 Å². The van der Waals surface area contributed by atoms with Gasteiger partial charge in [0.15, 0.2) is 0 Å². The van der Waals surface area contributed by atoms with Gasteiger partial charge in [-0.1, -0.05) is 45.1 Å². The second-order valence-corrected chi connectivity index (χ2v) is 12.4. The van der Waals surface area contributed by atoms with Gasteiger partial charge in [0.25, 0.3) is 0 Å². The van der Waals surface area contributed by atoms with Gasteiger partial charge in [-0.3, -0.25) is 9.59 Å². The SMILES string of the molecule is C=C1C(=CC=C2CCC[C@]3(C)[C@@H]([C@H](C)OCCC(C)(C)O)CC[C@@H]23)C[C@@H](OC(=O)CC)C[C@@H]1OC(=O)CC. The zero-order valence-electron chi connectivity index (χ0n) is 24.5. The standard InChI is InChI=1S/C32H50O6/c1-8-29(33)37-25-19-24(21(3)28(20-25)38-30(34)9-2)13-12-23-11-10-16-32(7)26(14-15-27(23)32)22(4)36-18-17-31(5,6)35/h12-13,22,25-28,35H,3,8-11,14-20H2,1-2,4-7H3/t22-,25+,26+,27-,28-,32+/m0/s1. The molecule has 3 rings (SSSR count). The van der Waals surface area contributed by atoms with Gasteiger partial charge < -0.3 is 19.3 Å². The molecule has 3 fully saturated rings. The van der Waals surface area contributed by atoms with Crippen LogP contribution in [0.25, 0.3) is 0 Å². The highest BCUT2D eigenvalue weighted by atomic mass is 16.6. The van der Waals surface area contributed by atoms with E-state index in [1.165, 1.54) is 12.0 Å². The summed E-state index contributed by atoms with van der Waals surface area (Å²) < 4.78 is 17.6. The van der Waals surface area contributed by atoms with E-state index in [9.17, 15) is 14.7 Å². The molecule has 0 saturated heterocycles. The van der Waals surface area contributed by atoms with E-state index in [4.69, 9.17) is 14.2 Å². The minimum atomic E-state index is -0.707. The van der Waals surface area contributed by atoms with Crippen LogP contribution in [0.15, 0.2) is 35.5 Å². The number of carbonyl (C=O) groups excluding carboxylic acids is 2. The number of carbonyl (C=O) groups is 2. The van der Waals surface area contributed by atoms with E-state index in [1.807, 2.05) is 13.8 Å². The lowest BCUT2D eigenvalue weighted by Gasteiger charge is -2.44. The Bertz CT molecular complexity index is 925. The van der Waals surface area contributed by atoms with Gasteiger partial charge in [-0.25, -0.2) is 0 Å². The van der Waals surface area contributed by atoms with Crippen molar-refractivity contribution in [3.8, 4) is 0 Å². The molecule has 0 heterocycles. The number of rotatable bonds is 10. The first-order valence-electron chi connectivity index (χ1n) is 14.7. The Hall–Kier alpha value is -1.92. The molecular weight excluding hydrogens is 480 g/mol. The Labute approximate surface area is 229 Å². The molecule has 1 N–H and O–H groups in total. The van der Waals surface area contributed by atoms with Crippen LogP contribution in [0.2, 0.25) is 0 Å². The monoisotopic (exact) mass is 530 g/mol. The van der Waals surface area contributed by atoms with Crippen molar-refractivity contribution in [2.45, 2.75) is 130 Å². The maximum atomic E-state index is 12.1. The molecule has 0 amide bonds. The Morgan fingerprint density at radius 2 is 1.84 bits per heavy atom. The third-order valence-electron chi connectivity index (χ3n) is 9.07. The fourth-order valence-electron chi connectivity index (χ4n) is 6.81. The Morgan fingerprint density at radius 1 is 1.16 bits per heavy atom. The summed E-state index contributed by atoms with van der Waals surface area (Å²) in [4.78, 5) is 24.1. The first-order valence-corrected chi connectivity index (χ1v) is 14.7. The molecule has 0 spiro atoms. The summed E-state index contributed by atoms with van der Waals surface area (Å²) in [5, 5.41) is 10.0. The molecule has 0 radical (unpaired) electrons. The summed E-state index contributed by atoms with van der Waals surface area (Å²) in [7, 11) is 0. The fraction of sp³-hybridized carbons (Fsp3) is 0.750. The Morgan fingerprint density at radius 3 is 2.50 bits per heavy atom. The van der Waals surface area contributed by atoms with Crippen molar-refractivity contribution in [3.63, 3.8) is 0 Å². The van der Waals surface area contributed by atoms with Crippen LogP contribution in [0.3, 0.4) is 0 Å². The van der Waals surface area contributed by atoms with E-state index in [0.29, 0.717) is 50.5 Å². The lowest BCUT2D eigenvalue weighted by molar-refractivity contribution is -0.154. The molecule has 0 aliphatic heterocycles. The van der Waals surface area contributed by atoms with Crippen LogP contribution in [-0.2, 0) is 23.8 Å². The van der Waals surface area contributed by atoms with Crippen molar-refractivity contribution < 1.29 is 28.9 Å². The minimum absolute atomic E-state index is 0.159. The molecule has 0 aromatic carbocycles. The summed E-state index contributed by atoms with van der Waals surface area (Å²) in [6, 6.07) is 0. The zero-order chi connectivity index (χ0) is 28.1. The van der Waals surface area contributed by atoms with Gasteiger partial charge >= 0.3 is 11.9 Å². The molecule has 214 valence electrons. The number of hydrogen-bond donors (Lipinski definition) is 1. The highest BCUT2D eigenvalue weighted by molar-refractivity contribution is 5.70. The number of allylic oxidation sites excluding steroid dienone is 3. The van der Waals surface area contributed by atoms with E-state index in [2.05, 4.69) is 32.6 Å². The third-order valence-corrected chi connectivity index (χ3v) is 9.07. The highest BCUT2D eigenvalue weighted by Crippen LogP contribution is 2.58. The van der Waals surface area contributed by atoms with Crippen molar-refractivity contribution in [3.05, 3.63) is 35.5 Å². The van der Waals surface area contributed by atoms with Gasteiger partial charge in [0, 0.05) is 32.3 Å². The van der Waals surface area contributed by atoms with E-state index in [1.54, 1.807) is 13.8 Å². The summed E-state index contributed by atoms with van der Waals surface area (Å²) in [5.41, 5.74) is 2.76.